The first-order chi connectivity index (χ1) is 8.66. The predicted molar refractivity (Wildman–Crippen MR) is 60.7 cm³/mol. The van der Waals surface area contributed by atoms with Gasteiger partial charge in [0.05, 0.1) is 12.0 Å². The second-order valence-corrected chi connectivity index (χ2v) is 3.73. The smallest absolute Gasteiger partial charge is 0.353 e. The number of carboxylic acids is 1. The van der Waals surface area contributed by atoms with Gasteiger partial charge in [-0.25, -0.2) is 9.18 Å². The molecule has 2 heterocycles. The van der Waals surface area contributed by atoms with E-state index in [2.05, 4.69) is 10.2 Å². The molecule has 0 aliphatic heterocycles. The standard InChI is InChI=1S/C12H7FN2O3/c13-7-1-2-10-6(3-4-18-10)11(7)8-5-9(12(16)17)15-14-8/h1-5H,(H,14,15)(H,16,17). The highest BCUT2D eigenvalue weighted by Gasteiger charge is 2.16. The van der Waals surface area contributed by atoms with Crippen LogP contribution in [-0.2, 0) is 0 Å². The van der Waals surface area contributed by atoms with E-state index in [4.69, 9.17) is 9.52 Å². The molecule has 0 fully saturated rings. The van der Waals surface area contributed by atoms with Crippen molar-refractivity contribution >= 4 is 16.9 Å². The maximum Gasteiger partial charge on any atom is 0.353 e. The van der Waals surface area contributed by atoms with E-state index in [1.165, 1.54) is 24.5 Å². The Morgan fingerprint density at radius 1 is 1.39 bits per heavy atom. The third-order valence-corrected chi connectivity index (χ3v) is 2.65. The van der Waals surface area contributed by atoms with E-state index in [9.17, 15) is 9.18 Å². The number of benzene rings is 1. The number of halogens is 1. The summed E-state index contributed by atoms with van der Waals surface area (Å²) in [6.45, 7) is 0. The Labute approximate surface area is 99.8 Å². The summed E-state index contributed by atoms with van der Waals surface area (Å²) < 4.78 is 19.0. The molecule has 5 nitrogen and oxygen atoms in total. The van der Waals surface area contributed by atoms with Crippen molar-refractivity contribution in [2.24, 2.45) is 0 Å². The minimum atomic E-state index is -1.14. The van der Waals surface area contributed by atoms with Gasteiger partial charge >= 0.3 is 5.97 Å². The molecule has 3 aromatic rings. The Hall–Kier alpha value is -2.63. The Balaban J connectivity index is 2.26. The van der Waals surface area contributed by atoms with Crippen molar-refractivity contribution < 1.29 is 18.7 Å². The number of carbonyl (C=O) groups is 1. The molecule has 2 aromatic heterocycles. The number of fused-ring (bicyclic) bond motifs is 1. The van der Waals surface area contributed by atoms with Gasteiger partial charge in [-0.2, -0.15) is 5.10 Å². The molecule has 0 saturated heterocycles. The van der Waals surface area contributed by atoms with E-state index in [1.54, 1.807) is 6.07 Å². The van der Waals surface area contributed by atoms with Gasteiger partial charge in [0.15, 0.2) is 0 Å². The van der Waals surface area contributed by atoms with Crippen molar-refractivity contribution in [2.45, 2.75) is 0 Å². The van der Waals surface area contributed by atoms with Gasteiger partial charge in [0.1, 0.15) is 17.1 Å². The van der Waals surface area contributed by atoms with Crippen LogP contribution in [0.1, 0.15) is 10.5 Å². The Morgan fingerprint density at radius 2 is 2.22 bits per heavy atom. The average Bonchev–Trinajstić information content (AvgIpc) is 2.95. The Bertz CT molecular complexity index is 745. The summed E-state index contributed by atoms with van der Waals surface area (Å²) in [5.41, 5.74) is 0.887. The van der Waals surface area contributed by atoms with Crippen molar-refractivity contribution in [3.63, 3.8) is 0 Å². The number of hydrogen-bond donors (Lipinski definition) is 2. The van der Waals surface area contributed by atoms with E-state index in [0.29, 0.717) is 11.0 Å². The fraction of sp³-hybridized carbons (Fsp3) is 0. The van der Waals surface area contributed by atoms with Crippen LogP contribution in [0.2, 0.25) is 0 Å². The molecule has 0 aliphatic carbocycles. The molecule has 90 valence electrons. The van der Waals surface area contributed by atoms with Crippen LogP contribution in [0.5, 0.6) is 0 Å². The minimum Gasteiger partial charge on any atom is -0.477 e. The van der Waals surface area contributed by atoms with E-state index >= 15 is 0 Å². The second-order valence-electron chi connectivity index (χ2n) is 3.73. The highest BCUT2D eigenvalue weighted by Crippen LogP contribution is 2.31. The number of aromatic amines is 1. The number of nitrogens with one attached hydrogen (secondary N) is 1. The number of aromatic nitrogens is 2. The van der Waals surface area contributed by atoms with Crippen molar-refractivity contribution in [1.29, 1.82) is 0 Å². The number of aromatic carboxylic acids is 1. The third kappa shape index (κ3) is 1.46. The van der Waals surface area contributed by atoms with Crippen LogP contribution in [0.15, 0.2) is 34.9 Å². The van der Waals surface area contributed by atoms with Crippen molar-refractivity contribution in [3.8, 4) is 11.3 Å². The van der Waals surface area contributed by atoms with Crippen LogP contribution in [-0.4, -0.2) is 21.3 Å². The topological polar surface area (TPSA) is 79.1 Å². The highest BCUT2D eigenvalue weighted by molar-refractivity contribution is 5.95. The zero-order valence-electron chi connectivity index (χ0n) is 8.98. The lowest BCUT2D eigenvalue weighted by Gasteiger charge is -2.00. The molecular weight excluding hydrogens is 239 g/mol. The summed E-state index contributed by atoms with van der Waals surface area (Å²) in [5, 5.41) is 15.5. The van der Waals surface area contributed by atoms with Crippen LogP contribution < -0.4 is 0 Å². The molecule has 6 heteroatoms. The lowest BCUT2D eigenvalue weighted by molar-refractivity contribution is 0.0690. The summed E-state index contributed by atoms with van der Waals surface area (Å²) >= 11 is 0. The van der Waals surface area contributed by atoms with Crippen LogP contribution >= 0.6 is 0 Å². The lowest BCUT2D eigenvalue weighted by atomic mass is 10.1. The van der Waals surface area contributed by atoms with Gasteiger partial charge in [0.25, 0.3) is 0 Å². The lowest BCUT2D eigenvalue weighted by Crippen LogP contribution is -1.95. The molecule has 0 saturated carbocycles. The fourth-order valence-electron chi connectivity index (χ4n) is 1.84. The molecule has 18 heavy (non-hydrogen) atoms. The van der Waals surface area contributed by atoms with Crippen LogP contribution in [0.3, 0.4) is 0 Å². The number of furan rings is 1. The number of rotatable bonds is 2. The van der Waals surface area contributed by atoms with E-state index in [1.807, 2.05) is 0 Å². The van der Waals surface area contributed by atoms with Crippen LogP contribution in [0.25, 0.3) is 22.2 Å². The number of carboxylic acid groups (broad SMARTS) is 1. The SMILES string of the molecule is O=C(O)c1cc(-c2c(F)ccc3occc23)n[nH]1. The second kappa shape index (κ2) is 3.69. The van der Waals surface area contributed by atoms with E-state index in [-0.39, 0.29) is 17.0 Å². The van der Waals surface area contributed by atoms with E-state index in [0.717, 1.165) is 0 Å². The van der Waals surface area contributed by atoms with Gasteiger partial charge in [-0.3, -0.25) is 5.10 Å². The van der Waals surface area contributed by atoms with Gasteiger partial charge in [-0.05, 0) is 24.3 Å². The molecular formula is C12H7FN2O3. The van der Waals surface area contributed by atoms with Gasteiger partial charge in [0.2, 0.25) is 0 Å². The zero-order chi connectivity index (χ0) is 12.7. The molecule has 0 spiro atoms. The first-order valence-corrected chi connectivity index (χ1v) is 5.11. The fourth-order valence-corrected chi connectivity index (χ4v) is 1.84. The summed E-state index contributed by atoms with van der Waals surface area (Å²) in [5.74, 6) is -1.62. The van der Waals surface area contributed by atoms with Gasteiger partial charge in [-0.15, -0.1) is 0 Å². The first-order valence-electron chi connectivity index (χ1n) is 5.11. The van der Waals surface area contributed by atoms with Crippen molar-refractivity contribution in [3.05, 3.63) is 42.0 Å². The van der Waals surface area contributed by atoms with Gasteiger partial charge < -0.3 is 9.52 Å². The van der Waals surface area contributed by atoms with Gasteiger partial charge in [0, 0.05) is 10.9 Å². The number of hydrogen-bond acceptors (Lipinski definition) is 3. The van der Waals surface area contributed by atoms with Crippen molar-refractivity contribution in [2.75, 3.05) is 0 Å². The Kier molecular flexibility index (Phi) is 2.16. The maximum atomic E-state index is 13.9. The quantitative estimate of drug-likeness (QED) is 0.728. The molecule has 0 atom stereocenters. The molecule has 0 amide bonds. The first kappa shape index (κ1) is 10.5. The molecule has 0 bridgehead atoms. The van der Waals surface area contributed by atoms with Crippen LogP contribution in [0.4, 0.5) is 4.39 Å². The van der Waals surface area contributed by atoms with Crippen molar-refractivity contribution in [1.82, 2.24) is 10.2 Å². The van der Waals surface area contributed by atoms with Gasteiger partial charge in [-0.1, -0.05) is 0 Å². The molecule has 0 unspecified atom stereocenters. The highest BCUT2D eigenvalue weighted by atomic mass is 19.1. The minimum absolute atomic E-state index is 0.0927. The van der Waals surface area contributed by atoms with E-state index < -0.39 is 11.8 Å². The van der Waals surface area contributed by atoms with Crippen LogP contribution in [0, 0.1) is 5.82 Å². The molecule has 0 aliphatic rings. The monoisotopic (exact) mass is 246 g/mol. The third-order valence-electron chi connectivity index (χ3n) is 2.65. The number of H-pyrrole nitrogens is 1. The molecule has 3 rings (SSSR count). The zero-order valence-corrected chi connectivity index (χ0v) is 8.98. The largest absolute Gasteiger partial charge is 0.477 e. The normalized spacial score (nSPS) is 10.9. The molecule has 2 N–H and O–H groups in total. The summed E-state index contributed by atoms with van der Waals surface area (Å²) in [6, 6.07) is 5.67. The Morgan fingerprint density at radius 3 is 2.94 bits per heavy atom. The molecule has 0 radical (unpaired) electrons. The average molecular weight is 246 g/mol. The number of nitrogens with zero attached hydrogens (tertiary/aromatic N) is 1. The summed E-state index contributed by atoms with van der Waals surface area (Å²) in [4.78, 5) is 10.8. The maximum absolute atomic E-state index is 13.9. The summed E-state index contributed by atoms with van der Waals surface area (Å²) in [7, 11) is 0. The predicted octanol–water partition coefficient (Wildman–Crippen LogP) is 2.66. The molecule has 1 aromatic carbocycles. The summed E-state index contributed by atoms with van der Waals surface area (Å²) in [6.07, 6.45) is 1.44.